The van der Waals surface area contributed by atoms with Gasteiger partial charge in [0, 0.05) is 22.7 Å². The molecule has 0 fully saturated rings. The van der Waals surface area contributed by atoms with E-state index in [1.165, 1.54) is 5.56 Å². The van der Waals surface area contributed by atoms with E-state index in [4.69, 9.17) is 14.4 Å². The van der Waals surface area contributed by atoms with Gasteiger partial charge in [0.05, 0.1) is 11.1 Å². The molecule has 4 heteroatoms. The zero-order valence-corrected chi connectivity index (χ0v) is 23.9. The van der Waals surface area contributed by atoms with Gasteiger partial charge in [0.1, 0.15) is 11.3 Å². The Hall–Kier alpha value is -4.44. The van der Waals surface area contributed by atoms with Crippen molar-refractivity contribution in [2.45, 2.75) is 52.4 Å². The maximum absolute atomic E-state index is 10.5. The van der Waals surface area contributed by atoms with Crippen molar-refractivity contribution in [1.82, 2.24) is 9.97 Å². The van der Waals surface area contributed by atoms with Crippen LogP contribution in [-0.4, -0.2) is 15.1 Å². The SMILES string of the molecule is CC(C)(C)c1cc(-c2cccc3cccnc23)cc(-c2cc(C(C)(C)C)cc3oc(-c4ccccc4O)nc23)c1. The average Bonchev–Trinajstić information content (AvgIpc) is 3.35. The first-order valence-electron chi connectivity index (χ1n) is 13.7. The molecule has 0 saturated carbocycles. The monoisotopic (exact) mass is 526 g/mol. The lowest BCUT2D eigenvalue weighted by atomic mass is 9.81. The van der Waals surface area contributed by atoms with E-state index >= 15 is 0 Å². The number of hydrogen-bond acceptors (Lipinski definition) is 4. The maximum Gasteiger partial charge on any atom is 0.231 e. The summed E-state index contributed by atoms with van der Waals surface area (Å²) in [5, 5.41) is 11.6. The Morgan fingerprint density at radius 2 is 1.27 bits per heavy atom. The van der Waals surface area contributed by atoms with Crippen LogP contribution in [0.4, 0.5) is 0 Å². The summed E-state index contributed by atoms with van der Waals surface area (Å²) in [7, 11) is 0. The van der Waals surface area contributed by atoms with Crippen LogP contribution >= 0.6 is 0 Å². The lowest BCUT2D eigenvalue weighted by Gasteiger charge is -2.23. The molecule has 2 aromatic heterocycles. The summed E-state index contributed by atoms with van der Waals surface area (Å²) in [6.45, 7) is 13.3. The largest absolute Gasteiger partial charge is 0.507 e. The smallest absolute Gasteiger partial charge is 0.231 e. The molecule has 0 unspecified atom stereocenters. The third-order valence-electron chi connectivity index (χ3n) is 7.55. The van der Waals surface area contributed by atoms with Crippen molar-refractivity contribution < 1.29 is 9.52 Å². The third-order valence-corrected chi connectivity index (χ3v) is 7.55. The van der Waals surface area contributed by atoms with Gasteiger partial charge in [-0.15, -0.1) is 0 Å². The van der Waals surface area contributed by atoms with E-state index in [-0.39, 0.29) is 16.6 Å². The second-order valence-electron chi connectivity index (χ2n) is 12.6. The minimum absolute atomic E-state index is 0.0751. The van der Waals surface area contributed by atoms with Crippen LogP contribution in [0.2, 0.25) is 0 Å². The topological polar surface area (TPSA) is 59.2 Å². The summed E-state index contributed by atoms with van der Waals surface area (Å²) in [6.07, 6.45) is 1.85. The molecule has 200 valence electrons. The Kier molecular flexibility index (Phi) is 6.03. The Morgan fingerprint density at radius 3 is 2.00 bits per heavy atom. The predicted octanol–water partition coefficient (Wildman–Crippen LogP) is 9.68. The molecule has 0 aliphatic carbocycles. The van der Waals surface area contributed by atoms with Crippen LogP contribution < -0.4 is 0 Å². The standard InChI is InChI=1S/C36H34N2O2/c1-35(2,3)25-18-23(27-14-9-11-22-12-10-16-37-32(22)27)17-24(19-25)29-20-26(36(4,5)6)21-31-33(29)38-34(40-31)28-13-7-8-15-30(28)39/h7-21,39H,1-6H3. The number of para-hydroxylation sites is 2. The van der Waals surface area contributed by atoms with Crippen LogP contribution in [0.25, 0.3) is 55.7 Å². The quantitative estimate of drug-likeness (QED) is 0.249. The molecule has 4 nitrogen and oxygen atoms in total. The fourth-order valence-electron chi connectivity index (χ4n) is 5.16. The van der Waals surface area contributed by atoms with Gasteiger partial charge in [-0.1, -0.05) is 90.1 Å². The number of benzene rings is 4. The van der Waals surface area contributed by atoms with Crippen molar-refractivity contribution in [3.63, 3.8) is 0 Å². The third kappa shape index (κ3) is 4.64. The number of aromatic hydroxyl groups is 1. The fraction of sp³-hybridized carbons (Fsp3) is 0.222. The number of oxazole rings is 1. The summed E-state index contributed by atoms with van der Waals surface area (Å²) < 4.78 is 6.32. The van der Waals surface area contributed by atoms with Gasteiger partial charge in [0.15, 0.2) is 5.58 Å². The average molecular weight is 527 g/mol. The van der Waals surface area contributed by atoms with E-state index in [9.17, 15) is 5.11 Å². The maximum atomic E-state index is 10.5. The Morgan fingerprint density at radius 1 is 0.625 bits per heavy atom. The van der Waals surface area contributed by atoms with Crippen molar-refractivity contribution in [3.05, 3.63) is 102 Å². The normalized spacial score (nSPS) is 12.3. The molecule has 40 heavy (non-hydrogen) atoms. The Labute approximate surface area is 235 Å². The zero-order valence-electron chi connectivity index (χ0n) is 23.9. The number of nitrogens with zero attached hydrogens (tertiary/aromatic N) is 2. The molecule has 6 aromatic rings. The number of phenols is 1. The van der Waals surface area contributed by atoms with Crippen molar-refractivity contribution >= 4 is 22.0 Å². The van der Waals surface area contributed by atoms with Crippen LogP contribution in [0.5, 0.6) is 5.75 Å². The van der Waals surface area contributed by atoms with E-state index in [0.29, 0.717) is 17.0 Å². The van der Waals surface area contributed by atoms with Crippen molar-refractivity contribution in [2.75, 3.05) is 0 Å². The van der Waals surface area contributed by atoms with Crippen LogP contribution in [0, 0.1) is 0 Å². The van der Waals surface area contributed by atoms with Crippen molar-refractivity contribution in [2.24, 2.45) is 0 Å². The fourth-order valence-corrected chi connectivity index (χ4v) is 5.16. The van der Waals surface area contributed by atoms with Crippen molar-refractivity contribution in [1.29, 1.82) is 0 Å². The zero-order chi connectivity index (χ0) is 28.2. The number of hydrogen-bond donors (Lipinski definition) is 1. The van der Waals surface area contributed by atoms with Crippen LogP contribution in [0.1, 0.15) is 52.7 Å². The molecule has 4 aromatic carbocycles. The molecule has 0 atom stereocenters. The van der Waals surface area contributed by atoms with Gasteiger partial charge >= 0.3 is 0 Å². The first kappa shape index (κ1) is 25.8. The molecule has 0 aliphatic heterocycles. The first-order valence-corrected chi connectivity index (χ1v) is 13.7. The summed E-state index contributed by atoms with van der Waals surface area (Å²) in [5.74, 6) is 0.554. The molecule has 0 saturated heterocycles. The van der Waals surface area contributed by atoms with E-state index in [1.54, 1.807) is 12.1 Å². The highest BCUT2D eigenvalue weighted by Crippen LogP contribution is 2.41. The molecule has 0 spiro atoms. The highest BCUT2D eigenvalue weighted by Gasteiger charge is 2.23. The van der Waals surface area contributed by atoms with E-state index in [1.807, 2.05) is 24.4 Å². The number of phenolic OH excluding ortho intramolecular Hbond substituents is 1. The van der Waals surface area contributed by atoms with Gasteiger partial charge in [-0.25, -0.2) is 4.98 Å². The molecule has 0 bridgehead atoms. The number of fused-ring (bicyclic) bond motifs is 2. The van der Waals surface area contributed by atoms with Gasteiger partial charge in [-0.2, -0.15) is 0 Å². The second-order valence-corrected chi connectivity index (χ2v) is 12.6. The van der Waals surface area contributed by atoms with Crippen LogP contribution in [0.3, 0.4) is 0 Å². The molecule has 0 aliphatic rings. The van der Waals surface area contributed by atoms with Gasteiger partial charge in [0.2, 0.25) is 5.89 Å². The molecular weight excluding hydrogens is 492 g/mol. The molecule has 1 N–H and O–H groups in total. The van der Waals surface area contributed by atoms with Crippen LogP contribution in [-0.2, 0) is 10.8 Å². The van der Waals surface area contributed by atoms with E-state index in [0.717, 1.165) is 44.2 Å². The lowest BCUT2D eigenvalue weighted by molar-refractivity contribution is 0.474. The summed E-state index contributed by atoms with van der Waals surface area (Å²) in [5.41, 5.74) is 9.55. The summed E-state index contributed by atoms with van der Waals surface area (Å²) in [6, 6.07) is 28.7. The highest BCUT2D eigenvalue weighted by molar-refractivity contribution is 5.97. The van der Waals surface area contributed by atoms with Gasteiger partial charge in [-0.05, 0) is 69.5 Å². The Balaban J connectivity index is 1.66. The minimum atomic E-state index is -0.102. The molecule has 0 radical (unpaired) electrons. The minimum Gasteiger partial charge on any atom is -0.507 e. The summed E-state index contributed by atoms with van der Waals surface area (Å²) in [4.78, 5) is 9.69. The van der Waals surface area contributed by atoms with Gasteiger partial charge in [-0.3, -0.25) is 4.98 Å². The number of pyridine rings is 1. The molecule has 6 rings (SSSR count). The van der Waals surface area contributed by atoms with E-state index in [2.05, 4.69) is 96.1 Å². The number of rotatable bonds is 3. The molecule has 0 amide bonds. The number of aromatic nitrogens is 2. The molecular formula is C36H34N2O2. The summed E-state index contributed by atoms with van der Waals surface area (Å²) >= 11 is 0. The van der Waals surface area contributed by atoms with Crippen molar-refractivity contribution in [3.8, 4) is 39.5 Å². The van der Waals surface area contributed by atoms with Crippen LogP contribution in [0.15, 0.2) is 95.5 Å². The first-order chi connectivity index (χ1) is 19.0. The van der Waals surface area contributed by atoms with Gasteiger partial charge in [0.25, 0.3) is 0 Å². The van der Waals surface area contributed by atoms with Gasteiger partial charge < -0.3 is 9.52 Å². The predicted molar refractivity (Wildman–Crippen MR) is 165 cm³/mol. The lowest BCUT2D eigenvalue weighted by Crippen LogP contribution is -2.12. The van der Waals surface area contributed by atoms with E-state index < -0.39 is 0 Å². The highest BCUT2D eigenvalue weighted by atomic mass is 16.3. The Bertz CT molecular complexity index is 1880. The second kappa shape index (κ2) is 9.34. The molecule has 2 heterocycles.